The lowest BCUT2D eigenvalue weighted by Crippen LogP contribution is -2.36. The van der Waals surface area contributed by atoms with Crippen molar-refractivity contribution in [3.8, 4) is 34.5 Å². The van der Waals surface area contributed by atoms with Gasteiger partial charge in [0.1, 0.15) is 0 Å². The average Bonchev–Trinajstić information content (AvgIpc) is 2.94. The highest BCUT2D eigenvalue weighted by atomic mass is 16.6. The molecule has 0 saturated carbocycles. The summed E-state index contributed by atoms with van der Waals surface area (Å²) < 4.78 is 30.9. The Bertz CT molecular complexity index is 1670. The molecule has 0 fully saturated rings. The Morgan fingerprint density at radius 1 is 0.468 bits per heavy atom. The molecule has 0 aliphatic rings. The van der Waals surface area contributed by atoms with Gasteiger partial charge in [0.25, 0.3) is 0 Å². The number of anilines is 2. The molecule has 1 N–H and O–H groups in total. The number of hydrogen-bond acceptors (Lipinski definition) is 13. The van der Waals surface area contributed by atoms with Crippen molar-refractivity contribution in [1.29, 1.82) is 0 Å². The van der Waals surface area contributed by atoms with Crippen molar-refractivity contribution in [3.05, 3.63) is 60.2 Å². The minimum atomic E-state index is -0.772. The molecule has 0 atom stereocenters. The monoisotopic (exact) mass is 650 g/mol. The van der Waals surface area contributed by atoms with Crippen molar-refractivity contribution in [2.75, 3.05) is 4.90 Å². The number of amides is 2. The molecule has 2 amide bonds. The van der Waals surface area contributed by atoms with Crippen LogP contribution in [0.2, 0.25) is 0 Å². The van der Waals surface area contributed by atoms with E-state index in [0.717, 1.165) is 39.5 Å². The molecule has 0 heterocycles. The molecule has 0 unspecified atom stereocenters. The summed E-state index contributed by atoms with van der Waals surface area (Å²) in [6.07, 6.45) is 0. The van der Waals surface area contributed by atoms with Gasteiger partial charge in [-0.25, -0.2) is 4.79 Å². The number of carbonyl (C=O) groups is 7. The maximum atomic E-state index is 13.9. The number of hydrogen-bond donors (Lipinski definition) is 1. The van der Waals surface area contributed by atoms with Gasteiger partial charge in [-0.15, -0.1) is 0 Å². The normalized spacial score (nSPS) is 10.2. The van der Waals surface area contributed by atoms with Crippen LogP contribution in [0.25, 0.3) is 0 Å². The van der Waals surface area contributed by atoms with Crippen molar-refractivity contribution < 1.29 is 62.0 Å². The first-order chi connectivity index (χ1) is 22.1. The molecule has 0 aromatic heterocycles. The Labute approximate surface area is 268 Å². The molecular weight excluding hydrogens is 620 g/mol. The fourth-order valence-electron chi connectivity index (χ4n) is 4.00. The number of carbonyl (C=O) groups excluding carboxylic acids is 7. The molecule has 47 heavy (non-hydrogen) atoms. The minimum Gasteiger partial charge on any atom is -0.423 e. The van der Waals surface area contributed by atoms with E-state index < -0.39 is 41.8 Å². The summed E-state index contributed by atoms with van der Waals surface area (Å²) in [5, 5.41) is 2.70. The van der Waals surface area contributed by atoms with Gasteiger partial charge < -0.3 is 33.7 Å². The topological polar surface area (TPSA) is 190 Å². The highest BCUT2D eigenvalue weighted by Gasteiger charge is 2.24. The van der Waals surface area contributed by atoms with Crippen LogP contribution < -0.4 is 38.6 Å². The summed E-state index contributed by atoms with van der Waals surface area (Å²) in [5.74, 6) is -4.84. The fraction of sp³-hybridized carbons (Fsp3) is 0.219. The smallest absolute Gasteiger partial charge is 0.326 e. The van der Waals surface area contributed by atoms with E-state index in [1.807, 2.05) is 0 Å². The Morgan fingerprint density at radius 3 is 1.15 bits per heavy atom. The van der Waals surface area contributed by atoms with Gasteiger partial charge in [-0.2, -0.15) is 0 Å². The van der Waals surface area contributed by atoms with Crippen LogP contribution in [-0.2, 0) is 35.3 Å². The molecule has 0 saturated heterocycles. The van der Waals surface area contributed by atoms with E-state index in [9.17, 15) is 33.6 Å². The van der Waals surface area contributed by atoms with Crippen molar-refractivity contribution >= 4 is 53.2 Å². The Hall–Kier alpha value is -6.25. The second-order valence-corrected chi connectivity index (χ2v) is 9.60. The lowest BCUT2D eigenvalue weighted by Gasteiger charge is -2.25. The Balaban J connectivity index is 2.10. The number of nitrogens with zero attached hydrogens (tertiary/aromatic N) is 1. The third-order valence-electron chi connectivity index (χ3n) is 5.55. The van der Waals surface area contributed by atoms with Crippen LogP contribution in [0.15, 0.2) is 54.6 Å². The van der Waals surface area contributed by atoms with Crippen LogP contribution in [-0.4, -0.2) is 41.8 Å². The second kappa shape index (κ2) is 15.7. The van der Waals surface area contributed by atoms with Gasteiger partial charge in [-0.1, -0.05) is 6.07 Å². The summed E-state index contributed by atoms with van der Waals surface area (Å²) in [6.45, 7) is 6.76. The van der Waals surface area contributed by atoms with Crippen molar-refractivity contribution in [2.24, 2.45) is 0 Å². The molecule has 0 radical (unpaired) electrons. The van der Waals surface area contributed by atoms with E-state index in [-0.39, 0.29) is 52.4 Å². The first-order valence-electron chi connectivity index (χ1n) is 13.7. The molecule has 0 bridgehead atoms. The molecule has 0 spiro atoms. The van der Waals surface area contributed by atoms with E-state index in [2.05, 4.69) is 5.32 Å². The number of benzene rings is 3. The van der Waals surface area contributed by atoms with Gasteiger partial charge in [0.05, 0.1) is 11.4 Å². The van der Waals surface area contributed by atoms with Crippen molar-refractivity contribution in [2.45, 2.75) is 48.1 Å². The van der Waals surface area contributed by atoms with Gasteiger partial charge in [-0.05, 0) is 42.0 Å². The molecule has 3 rings (SSSR count). The SMILES string of the molecule is CC(=O)Oc1ccc(CNC(=O)N(c2ccc(OC(C)=O)c(OC(C)=O)c2)c2ccc(OC(C)=O)c(OC(C)=O)c2)cc1OC(C)=O. The molecule has 246 valence electrons. The van der Waals surface area contributed by atoms with Gasteiger partial charge in [-0.3, -0.25) is 33.7 Å². The first kappa shape index (κ1) is 35.2. The summed E-state index contributed by atoms with van der Waals surface area (Å²) >= 11 is 0. The number of ether oxygens (including phenoxy) is 6. The van der Waals surface area contributed by atoms with Crippen LogP contribution in [0, 0.1) is 0 Å². The third kappa shape index (κ3) is 10.4. The summed E-state index contributed by atoms with van der Waals surface area (Å²) in [4.78, 5) is 85.0. The van der Waals surface area contributed by atoms with Crippen LogP contribution in [0.1, 0.15) is 47.1 Å². The predicted octanol–water partition coefficient (Wildman–Crippen LogP) is 4.29. The van der Waals surface area contributed by atoms with Crippen molar-refractivity contribution in [3.63, 3.8) is 0 Å². The molecule has 3 aromatic rings. The van der Waals surface area contributed by atoms with Crippen LogP contribution in [0.3, 0.4) is 0 Å². The molecule has 0 aliphatic heterocycles. The largest absolute Gasteiger partial charge is 0.423 e. The molecule has 0 aliphatic carbocycles. The number of urea groups is 1. The number of esters is 6. The van der Waals surface area contributed by atoms with E-state index in [1.54, 1.807) is 0 Å². The molecular formula is C32H30N2O13. The van der Waals surface area contributed by atoms with Crippen LogP contribution >= 0.6 is 0 Å². The summed E-state index contributed by atoms with van der Waals surface area (Å²) in [7, 11) is 0. The standard InChI is InChI=1S/C32H30N2O13/c1-17(35)42-26-10-7-23(13-29(26)45-20(4)38)16-33-32(41)34(24-8-11-27(43-18(2)36)30(14-24)46-21(5)39)25-9-12-28(44-19(3)37)31(15-25)47-22(6)40/h7-15H,16H2,1-6H3,(H,33,41). The van der Waals surface area contributed by atoms with Crippen LogP contribution in [0.4, 0.5) is 16.2 Å². The van der Waals surface area contributed by atoms with Crippen molar-refractivity contribution in [1.82, 2.24) is 5.32 Å². The lowest BCUT2D eigenvalue weighted by molar-refractivity contribution is -0.134. The average molecular weight is 651 g/mol. The van der Waals surface area contributed by atoms with Gasteiger partial charge >= 0.3 is 41.8 Å². The Kier molecular flexibility index (Phi) is 11.7. The molecule has 3 aromatic carbocycles. The number of rotatable bonds is 10. The maximum absolute atomic E-state index is 13.9. The first-order valence-corrected chi connectivity index (χ1v) is 13.7. The zero-order chi connectivity index (χ0) is 34.8. The highest BCUT2D eigenvalue weighted by Crippen LogP contribution is 2.39. The lowest BCUT2D eigenvalue weighted by atomic mass is 10.2. The van der Waals surface area contributed by atoms with Crippen LogP contribution in [0.5, 0.6) is 34.5 Å². The predicted molar refractivity (Wildman–Crippen MR) is 162 cm³/mol. The Morgan fingerprint density at radius 2 is 0.787 bits per heavy atom. The third-order valence-corrected chi connectivity index (χ3v) is 5.55. The van der Waals surface area contributed by atoms with Gasteiger partial charge in [0.2, 0.25) is 0 Å². The van der Waals surface area contributed by atoms with E-state index in [1.165, 1.54) is 61.5 Å². The number of nitrogens with one attached hydrogen (secondary N) is 1. The molecule has 15 heteroatoms. The summed E-state index contributed by atoms with van der Waals surface area (Å²) in [6, 6.07) is 11.4. The van der Waals surface area contributed by atoms with E-state index >= 15 is 0 Å². The maximum Gasteiger partial charge on any atom is 0.326 e. The second-order valence-electron chi connectivity index (χ2n) is 9.60. The summed E-state index contributed by atoms with van der Waals surface area (Å²) in [5.41, 5.74) is 0.617. The minimum absolute atomic E-state index is 0.0128. The highest BCUT2D eigenvalue weighted by molar-refractivity contribution is 6.00. The zero-order valence-electron chi connectivity index (χ0n) is 26.2. The molecule has 15 nitrogen and oxygen atoms in total. The zero-order valence-corrected chi connectivity index (χ0v) is 26.2. The quantitative estimate of drug-likeness (QED) is 0.242. The van der Waals surface area contributed by atoms with E-state index in [4.69, 9.17) is 28.4 Å². The van der Waals surface area contributed by atoms with E-state index in [0.29, 0.717) is 5.56 Å². The van der Waals surface area contributed by atoms with Gasteiger partial charge in [0.15, 0.2) is 34.5 Å². The van der Waals surface area contributed by atoms with Gasteiger partial charge in [0, 0.05) is 60.2 Å². The fourth-order valence-corrected chi connectivity index (χ4v) is 4.00.